The van der Waals surface area contributed by atoms with Gasteiger partial charge in [-0.15, -0.1) is 0 Å². The van der Waals surface area contributed by atoms with E-state index >= 15 is 0 Å². The number of nitrogens with one attached hydrogen (secondary N) is 1. The minimum atomic E-state index is -0.244. The molecule has 2 aromatic rings. The highest BCUT2D eigenvalue weighted by Crippen LogP contribution is 2.34. The molecule has 1 N–H and O–H groups in total. The van der Waals surface area contributed by atoms with Crippen molar-refractivity contribution in [3.63, 3.8) is 0 Å². The van der Waals surface area contributed by atoms with Crippen LogP contribution in [0.25, 0.3) is 0 Å². The lowest BCUT2D eigenvalue weighted by atomic mass is 10.4. The summed E-state index contributed by atoms with van der Waals surface area (Å²) in [4.78, 5) is 9.17. The first-order chi connectivity index (χ1) is 8.20. The van der Waals surface area contributed by atoms with E-state index < -0.39 is 0 Å². The third-order valence-electron chi connectivity index (χ3n) is 2.02. The third kappa shape index (κ3) is 2.95. The van der Waals surface area contributed by atoms with Crippen LogP contribution in [0.2, 0.25) is 0 Å². The van der Waals surface area contributed by atoms with Crippen LogP contribution in [-0.4, -0.2) is 17.0 Å². The summed E-state index contributed by atoms with van der Waals surface area (Å²) in [6, 6.07) is 6.29. The minimum Gasteiger partial charge on any atom is -0.372 e. The van der Waals surface area contributed by atoms with Gasteiger partial charge in [0.15, 0.2) is 0 Å². The topological polar surface area (TPSA) is 37.8 Å². The lowest BCUT2D eigenvalue weighted by Gasteiger charge is -2.06. The number of aromatic nitrogens is 2. The number of benzene rings is 1. The molecule has 0 aliphatic heterocycles. The zero-order valence-corrected chi connectivity index (χ0v) is 11.3. The highest BCUT2D eigenvalue weighted by atomic mass is 79.9. The lowest BCUT2D eigenvalue weighted by molar-refractivity contribution is 0.626. The van der Waals surface area contributed by atoms with Crippen LogP contribution in [0.3, 0.4) is 0 Å². The summed E-state index contributed by atoms with van der Waals surface area (Å²) in [6.45, 7) is 0. The summed E-state index contributed by atoms with van der Waals surface area (Å²) in [5, 5.41) is 3.75. The first-order valence-electron chi connectivity index (χ1n) is 4.82. The van der Waals surface area contributed by atoms with Crippen LogP contribution in [0, 0.1) is 5.82 Å². The van der Waals surface area contributed by atoms with Crippen molar-refractivity contribution >= 4 is 33.5 Å². The van der Waals surface area contributed by atoms with E-state index in [0.717, 1.165) is 20.2 Å². The largest absolute Gasteiger partial charge is 0.372 e. The molecule has 6 heteroatoms. The first-order valence-corrected chi connectivity index (χ1v) is 6.43. The van der Waals surface area contributed by atoms with E-state index in [-0.39, 0.29) is 5.82 Å². The van der Waals surface area contributed by atoms with E-state index in [2.05, 4.69) is 31.2 Å². The van der Waals surface area contributed by atoms with Crippen molar-refractivity contribution in [3.05, 3.63) is 40.9 Å². The van der Waals surface area contributed by atoms with Gasteiger partial charge in [-0.25, -0.2) is 14.4 Å². The number of hydrogen-bond acceptors (Lipinski definition) is 4. The molecule has 0 radical (unpaired) electrons. The highest BCUT2D eigenvalue weighted by molar-refractivity contribution is 9.10. The second kappa shape index (κ2) is 5.46. The first kappa shape index (κ1) is 12.3. The van der Waals surface area contributed by atoms with Crippen molar-refractivity contribution in [2.45, 2.75) is 9.92 Å². The van der Waals surface area contributed by atoms with Gasteiger partial charge < -0.3 is 5.32 Å². The second-order valence-corrected chi connectivity index (χ2v) is 5.00. The molecule has 0 atom stereocenters. The fourth-order valence-electron chi connectivity index (χ4n) is 1.21. The summed E-state index contributed by atoms with van der Waals surface area (Å²) in [5.41, 5.74) is 0. The van der Waals surface area contributed by atoms with Crippen LogP contribution >= 0.6 is 27.7 Å². The predicted octanol–water partition coefficient (Wildman–Crippen LogP) is 3.57. The molecule has 0 fully saturated rings. The van der Waals surface area contributed by atoms with Gasteiger partial charge in [0.2, 0.25) is 0 Å². The molecule has 0 saturated heterocycles. The summed E-state index contributed by atoms with van der Waals surface area (Å²) in [5.74, 6) is 0.483. The van der Waals surface area contributed by atoms with Gasteiger partial charge in [-0.2, -0.15) is 0 Å². The summed E-state index contributed by atoms with van der Waals surface area (Å²) >= 11 is 4.88. The summed E-state index contributed by atoms with van der Waals surface area (Å²) in [7, 11) is 1.79. The maximum absolute atomic E-state index is 12.8. The van der Waals surface area contributed by atoms with E-state index in [1.54, 1.807) is 19.2 Å². The standard InChI is InChI=1S/C11H9BrFN3S/c1-14-10-9(12)11(16-6-15-10)17-8-4-2-7(13)3-5-8/h2-6H,1H3,(H,14,15,16). The Kier molecular flexibility index (Phi) is 3.96. The molecule has 1 aromatic carbocycles. The average Bonchev–Trinajstić information content (AvgIpc) is 2.35. The maximum atomic E-state index is 12.8. The van der Waals surface area contributed by atoms with Gasteiger partial charge in [0, 0.05) is 11.9 Å². The average molecular weight is 314 g/mol. The van der Waals surface area contributed by atoms with Crippen LogP contribution in [0.5, 0.6) is 0 Å². The van der Waals surface area contributed by atoms with Gasteiger partial charge in [-0.3, -0.25) is 0 Å². The smallest absolute Gasteiger partial charge is 0.144 e. The van der Waals surface area contributed by atoms with Crippen LogP contribution in [0.4, 0.5) is 10.2 Å². The van der Waals surface area contributed by atoms with Crippen LogP contribution in [-0.2, 0) is 0 Å². The van der Waals surface area contributed by atoms with Crippen molar-refractivity contribution < 1.29 is 4.39 Å². The van der Waals surface area contributed by atoms with E-state index in [0.29, 0.717) is 0 Å². The van der Waals surface area contributed by atoms with Crippen molar-refractivity contribution in [2.75, 3.05) is 12.4 Å². The molecule has 0 unspecified atom stereocenters. The zero-order valence-electron chi connectivity index (χ0n) is 8.95. The molecule has 1 aromatic heterocycles. The number of halogens is 2. The molecule has 0 aliphatic rings. The Morgan fingerprint density at radius 3 is 2.59 bits per heavy atom. The maximum Gasteiger partial charge on any atom is 0.144 e. The zero-order chi connectivity index (χ0) is 12.3. The number of hydrogen-bond donors (Lipinski definition) is 1. The lowest BCUT2D eigenvalue weighted by Crippen LogP contribution is -1.96. The van der Waals surface area contributed by atoms with Crippen LogP contribution < -0.4 is 5.32 Å². The molecule has 0 aliphatic carbocycles. The van der Waals surface area contributed by atoms with Gasteiger partial charge in [-0.1, -0.05) is 11.8 Å². The Morgan fingerprint density at radius 2 is 1.94 bits per heavy atom. The van der Waals surface area contributed by atoms with Gasteiger partial charge in [0.05, 0.1) is 4.47 Å². The predicted molar refractivity (Wildman–Crippen MR) is 69.8 cm³/mol. The van der Waals surface area contributed by atoms with Gasteiger partial charge in [0.25, 0.3) is 0 Å². The van der Waals surface area contributed by atoms with E-state index in [1.165, 1.54) is 30.2 Å². The minimum absolute atomic E-state index is 0.244. The highest BCUT2D eigenvalue weighted by Gasteiger charge is 2.08. The molecular weight excluding hydrogens is 305 g/mol. The molecule has 0 amide bonds. The van der Waals surface area contributed by atoms with E-state index in [1.807, 2.05) is 0 Å². The molecule has 0 bridgehead atoms. The van der Waals surface area contributed by atoms with E-state index in [9.17, 15) is 4.39 Å². The Bertz CT molecular complexity index is 519. The third-order valence-corrected chi connectivity index (χ3v) is 4.05. The quantitative estimate of drug-likeness (QED) is 0.879. The van der Waals surface area contributed by atoms with E-state index in [4.69, 9.17) is 0 Å². The van der Waals surface area contributed by atoms with Gasteiger partial charge in [0.1, 0.15) is 23.0 Å². The molecule has 2 rings (SSSR count). The molecule has 1 heterocycles. The van der Waals surface area contributed by atoms with Crippen molar-refractivity contribution in [2.24, 2.45) is 0 Å². The molecular formula is C11H9BrFN3S. The Labute approximate surface area is 111 Å². The van der Waals surface area contributed by atoms with Gasteiger partial charge >= 0.3 is 0 Å². The SMILES string of the molecule is CNc1ncnc(Sc2ccc(F)cc2)c1Br. The Hall–Kier alpha value is -1.14. The molecule has 0 spiro atoms. The number of rotatable bonds is 3. The molecule has 17 heavy (non-hydrogen) atoms. The fourth-order valence-corrected chi connectivity index (χ4v) is 2.64. The molecule has 3 nitrogen and oxygen atoms in total. The summed E-state index contributed by atoms with van der Waals surface area (Å²) < 4.78 is 13.6. The van der Waals surface area contributed by atoms with Crippen molar-refractivity contribution in [3.8, 4) is 0 Å². The monoisotopic (exact) mass is 313 g/mol. The van der Waals surface area contributed by atoms with Crippen LogP contribution in [0.1, 0.15) is 0 Å². The second-order valence-electron chi connectivity index (χ2n) is 3.15. The van der Waals surface area contributed by atoms with Crippen LogP contribution in [0.15, 0.2) is 45.0 Å². The molecule has 88 valence electrons. The van der Waals surface area contributed by atoms with Crippen molar-refractivity contribution in [1.82, 2.24) is 9.97 Å². The summed E-state index contributed by atoms with van der Waals surface area (Å²) in [6.07, 6.45) is 1.49. The number of anilines is 1. The fraction of sp³-hybridized carbons (Fsp3) is 0.0909. The number of nitrogens with zero attached hydrogens (tertiary/aromatic N) is 2. The van der Waals surface area contributed by atoms with Crippen molar-refractivity contribution in [1.29, 1.82) is 0 Å². The molecule has 0 saturated carbocycles. The normalized spacial score (nSPS) is 10.3. The Morgan fingerprint density at radius 1 is 1.24 bits per heavy atom. The Balaban J connectivity index is 2.27. The van der Waals surface area contributed by atoms with Gasteiger partial charge in [-0.05, 0) is 40.2 Å².